The highest BCUT2D eigenvalue weighted by Gasteiger charge is 2.07. The molecule has 0 radical (unpaired) electrons. The van der Waals surface area contributed by atoms with Crippen LogP contribution in [0.15, 0.2) is 36.5 Å². The van der Waals surface area contributed by atoms with Crippen LogP contribution in [0.25, 0.3) is 11.3 Å². The van der Waals surface area contributed by atoms with E-state index >= 15 is 0 Å². The predicted molar refractivity (Wildman–Crippen MR) is 54.6 cm³/mol. The van der Waals surface area contributed by atoms with Gasteiger partial charge >= 0.3 is 0 Å². The van der Waals surface area contributed by atoms with Crippen LogP contribution in [-0.4, -0.2) is 4.98 Å². The molecule has 0 fully saturated rings. The second-order valence-corrected chi connectivity index (χ2v) is 3.40. The number of benzene rings is 1. The first-order valence-corrected chi connectivity index (χ1v) is 4.61. The van der Waals surface area contributed by atoms with Crippen LogP contribution in [0.5, 0.6) is 0 Å². The minimum absolute atomic E-state index is 0.332. The minimum Gasteiger partial charge on any atom is -0.255 e. The maximum Gasteiger partial charge on any atom is 0.126 e. The molecule has 0 N–H and O–H groups in total. The highest BCUT2D eigenvalue weighted by atomic mass is 35.5. The number of nitrogens with zero attached hydrogens (tertiary/aromatic N) is 1. The molecule has 2 rings (SSSR count). The van der Waals surface area contributed by atoms with E-state index in [1.54, 1.807) is 12.1 Å². The van der Waals surface area contributed by atoms with Crippen LogP contribution >= 0.6 is 11.6 Å². The van der Waals surface area contributed by atoms with Gasteiger partial charge in [0.2, 0.25) is 0 Å². The van der Waals surface area contributed by atoms with Crippen LogP contribution in [0.2, 0.25) is 5.02 Å². The molecular weight excluding hydrogens is 220 g/mol. The van der Waals surface area contributed by atoms with Gasteiger partial charge in [-0.1, -0.05) is 11.6 Å². The van der Waals surface area contributed by atoms with Gasteiger partial charge in [-0.3, -0.25) is 4.98 Å². The maximum absolute atomic E-state index is 12.9. The summed E-state index contributed by atoms with van der Waals surface area (Å²) in [4.78, 5) is 3.97. The summed E-state index contributed by atoms with van der Waals surface area (Å²) in [5.41, 5.74) is 0.704. The van der Waals surface area contributed by atoms with Gasteiger partial charge < -0.3 is 0 Å². The first-order valence-electron chi connectivity index (χ1n) is 4.24. The van der Waals surface area contributed by atoms with Crippen LogP contribution < -0.4 is 0 Å². The summed E-state index contributed by atoms with van der Waals surface area (Å²) < 4.78 is 25.9. The third-order valence-corrected chi connectivity index (χ3v) is 2.20. The molecule has 1 aromatic heterocycles. The first kappa shape index (κ1) is 10.1. The highest BCUT2D eigenvalue weighted by molar-refractivity contribution is 6.33. The van der Waals surface area contributed by atoms with E-state index < -0.39 is 11.6 Å². The van der Waals surface area contributed by atoms with Crippen LogP contribution in [0.3, 0.4) is 0 Å². The van der Waals surface area contributed by atoms with Crippen molar-refractivity contribution in [1.82, 2.24) is 4.98 Å². The molecule has 0 unspecified atom stereocenters. The van der Waals surface area contributed by atoms with Crippen molar-refractivity contribution in [1.29, 1.82) is 0 Å². The Morgan fingerprint density at radius 2 is 1.73 bits per heavy atom. The fraction of sp³-hybridized carbons (Fsp3) is 0. The lowest BCUT2D eigenvalue weighted by Crippen LogP contribution is -1.87. The third-order valence-electron chi connectivity index (χ3n) is 1.89. The molecule has 1 nitrogen and oxygen atoms in total. The van der Waals surface area contributed by atoms with E-state index in [0.29, 0.717) is 16.3 Å². The van der Waals surface area contributed by atoms with Crippen LogP contribution in [0.4, 0.5) is 8.78 Å². The van der Waals surface area contributed by atoms with Crippen molar-refractivity contribution in [2.24, 2.45) is 0 Å². The van der Waals surface area contributed by atoms with E-state index in [4.69, 9.17) is 11.6 Å². The molecule has 4 heteroatoms. The Labute approximate surface area is 90.3 Å². The van der Waals surface area contributed by atoms with Crippen molar-refractivity contribution in [3.05, 3.63) is 53.2 Å². The van der Waals surface area contributed by atoms with E-state index in [9.17, 15) is 8.78 Å². The molecule has 0 saturated carbocycles. The highest BCUT2D eigenvalue weighted by Crippen LogP contribution is 2.26. The number of hydrogen-bond acceptors (Lipinski definition) is 1. The van der Waals surface area contributed by atoms with Crippen molar-refractivity contribution in [3.8, 4) is 11.3 Å². The SMILES string of the molecule is Fc1cc(F)cc(-c2ncccc2Cl)c1. The van der Waals surface area contributed by atoms with Crippen molar-refractivity contribution >= 4 is 11.6 Å². The number of hydrogen-bond donors (Lipinski definition) is 0. The summed E-state index contributed by atoms with van der Waals surface area (Å²) in [6, 6.07) is 6.46. The maximum atomic E-state index is 12.9. The van der Waals surface area contributed by atoms with Gasteiger partial charge in [-0.15, -0.1) is 0 Å². The number of rotatable bonds is 1. The molecule has 0 amide bonds. The van der Waals surface area contributed by atoms with Gasteiger partial charge in [0.1, 0.15) is 11.6 Å². The lowest BCUT2D eigenvalue weighted by molar-refractivity contribution is 0.584. The van der Waals surface area contributed by atoms with Crippen molar-refractivity contribution in [3.63, 3.8) is 0 Å². The van der Waals surface area contributed by atoms with Gasteiger partial charge in [-0.2, -0.15) is 0 Å². The molecular formula is C11H6ClF2N. The minimum atomic E-state index is -0.647. The molecule has 0 spiro atoms. The number of halogens is 3. The summed E-state index contributed by atoms with van der Waals surface area (Å²) in [5.74, 6) is -1.29. The second kappa shape index (κ2) is 3.95. The lowest BCUT2D eigenvalue weighted by Gasteiger charge is -2.03. The van der Waals surface area contributed by atoms with Gasteiger partial charge in [0, 0.05) is 17.8 Å². The lowest BCUT2D eigenvalue weighted by atomic mass is 10.1. The molecule has 0 saturated heterocycles. The van der Waals surface area contributed by atoms with Gasteiger partial charge in [0.15, 0.2) is 0 Å². The monoisotopic (exact) mass is 225 g/mol. The zero-order valence-electron chi connectivity index (χ0n) is 7.55. The summed E-state index contributed by atoms with van der Waals surface area (Å²) in [6.07, 6.45) is 1.52. The molecule has 0 aliphatic rings. The van der Waals surface area contributed by atoms with Gasteiger partial charge in [0.05, 0.1) is 10.7 Å². The Bertz CT molecular complexity index is 479. The second-order valence-electron chi connectivity index (χ2n) is 2.99. The normalized spacial score (nSPS) is 10.3. The molecule has 1 aromatic carbocycles. The van der Waals surface area contributed by atoms with Crippen molar-refractivity contribution < 1.29 is 8.78 Å². The Morgan fingerprint density at radius 1 is 1.07 bits per heavy atom. The van der Waals surface area contributed by atoms with E-state index in [-0.39, 0.29) is 0 Å². The largest absolute Gasteiger partial charge is 0.255 e. The Balaban J connectivity index is 2.59. The summed E-state index contributed by atoms with van der Waals surface area (Å²) in [6.45, 7) is 0. The fourth-order valence-electron chi connectivity index (χ4n) is 1.29. The molecule has 15 heavy (non-hydrogen) atoms. The fourth-order valence-corrected chi connectivity index (χ4v) is 1.52. The number of pyridine rings is 1. The molecule has 0 bridgehead atoms. The summed E-state index contributed by atoms with van der Waals surface area (Å²) >= 11 is 5.86. The summed E-state index contributed by atoms with van der Waals surface area (Å²) in [7, 11) is 0. The average Bonchev–Trinajstić information content (AvgIpc) is 2.16. The van der Waals surface area contributed by atoms with Gasteiger partial charge in [-0.25, -0.2) is 8.78 Å². The smallest absolute Gasteiger partial charge is 0.126 e. The van der Waals surface area contributed by atoms with Crippen LogP contribution in [-0.2, 0) is 0 Å². The Kier molecular flexibility index (Phi) is 2.64. The van der Waals surface area contributed by atoms with Crippen molar-refractivity contribution in [2.45, 2.75) is 0 Å². The van der Waals surface area contributed by atoms with E-state index in [1.165, 1.54) is 18.3 Å². The molecule has 2 aromatic rings. The average molecular weight is 226 g/mol. The standard InChI is InChI=1S/C11H6ClF2N/c12-10-2-1-3-15-11(10)7-4-8(13)6-9(14)5-7/h1-6H. The topological polar surface area (TPSA) is 12.9 Å². The molecule has 76 valence electrons. The van der Waals surface area contributed by atoms with E-state index in [0.717, 1.165) is 6.07 Å². The van der Waals surface area contributed by atoms with E-state index in [2.05, 4.69) is 4.98 Å². The summed E-state index contributed by atoms with van der Waals surface area (Å²) in [5, 5.41) is 0.363. The Hall–Kier alpha value is -1.48. The third kappa shape index (κ3) is 2.13. The van der Waals surface area contributed by atoms with E-state index in [1.807, 2.05) is 0 Å². The first-order chi connectivity index (χ1) is 7.16. The molecule has 0 aliphatic carbocycles. The zero-order valence-corrected chi connectivity index (χ0v) is 8.30. The van der Waals surface area contributed by atoms with Gasteiger partial charge in [0.25, 0.3) is 0 Å². The zero-order chi connectivity index (χ0) is 10.8. The molecule has 0 atom stereocenters. The van der Waals surface area contributed by atoms with Crippen LogP contribution in [0.1, 0.15) is 0 Å². The molecule has 1 heterocycles. The van der Waals surface area contributed by atoms with Crippen LogP contribution in [0, 0.1) is 11.6 Å². The predicted octanol–water partition coefficient (Wildman–Crippen LogP) is 3.68. The number of aromatic nitrogens is 1. The van der Waals surface area contributed by atoms with Crippen molar-refractivity contribution in [2.75, 3.05) is 0 Å². The molecule has 0 aliphatic heterocycles. The Morgan fingerprint density at radius 3 is 2.33 bits per heavy atom. The van der Waals surface area contributed by atoms with Gasteiger partial charge in [-0.05, 0) is 24.3 Å². The quantitative estimate of drug-likeness (QED) is 0.722.